The summed E-state index contributed by atoms with van der Waals surface area (Å²) in [5.41, 5.74) is 0. The summed E-state index contributed by atoms with van der Waals surface area (Å²) in [4.78, 5) is 36.6. The lowest BCUT2D eigenvalue weighted by atomic mass is 10.1. The van der Waals surface area contributed by atoms with E-state index in [1.165, 1.54) is 6.92 Å². The minimum absolute atomic E-state index is 0.0333. The van der Waals surface area contributed by atoms with E-state index in [1.54, 1.807) is 0 Å². The number of aliphatic hydroxyl groups is 1. The summed E-state index contributed by atoms with van der Waals surface area (Å²) in [5.74, 6) is 0.444. The van der Waals surface area contributed by atoms with Crippen LogP contribution in [0.3, 0.4) is 0 Å². The Bertz CT molecular complexity index is 367. The van der Waals surface area contributed by atoms with Crippen molar-refractivity contribution in [2.45, 2.75) is 51.2 Å². The van der Waals surface area contributed by atoms with E-state index >= 15 is 0 Å². The quantitative estimate of drug-likeness (QED) is 0.268. The van der Waals surface area contributed by atoms with Gasteiger partial charge in [0.05, 0.1) is 6.04 Å². The first-order chi connectivity index (χ1) is 8.88. The molecule has 0 aliphatic heterocycles. The molecule has 122 valence electrons. The lowest BCUT2D eigenvalue weighted by molar-refractivity contribution is 0.0927. The van der Waals surface area contributed by atoms with Gasteiger partial charge in [0.1, 0.15) is 0 Å². The number of rotatable bonds is 9. The third-order valence-electron chi connectivity index (χ3n) is 3.08. The second-order valence-electron chi connectivity index (χ2n) is 5.23. The fourth-order valence-electron chi connectivity index (χ4n) is 1.92. The smallest absolute Gasteiger partial charge is 0.366 e. The van der Waals surface area contributed by atoms with Crippen LogP contribution in [0, 0.1) is 5.92 Å². The number of nitrogens with one attached hydrogen (secondary N) is 1. The molecule has 0 fully saturated rings. The molecule has 0 rings (SSSR count). The van der Waals surface area contributed by atoms with Crippen LogP contribution in [-0.4, -0.2) is 42.3 Å². The van der Waals surface area contributed by atoms with Gasteiger partial charge in [0.25, 0.3) is 5.08 Å². The second kappa shape index (κ2) is 7.47. The molecule has 0 amide bonds. The predicted molar refractivity (Wildman–Crippen MR) is 75.2 cm³/mol. The zero-order valence-corrected chi connectivity index (χ0v) is 13.7. The van der Waals surface area contributed by atoms with Crippen molar-refractivity contribution >= 4 is 15.2 Å². The van der Waals surface area contributed by atoms with E-state index < -0.39 is 26.3 Å². The molecular formula is C10H25NO7P2. The van der Waals surface area contributed by atoms with Crippen LogP contribution in [-0.2, 0) is 9.13 Å². The van der Waals surface area contributed by atoms with Gasteiger partial charge in [0.2, 0.25) is 0 Å². The molecule has 6 N–H and O–H groups in total. The van der Waals surface area contributed by atoms with Gasteiger partial charge in [-0.3, -0.25) is 9.13 Å². The summed E-state index contributed by atoms with van der Waals surface area (Å²) < 4.78 is 22.7. The van der Waals surface area contributed by atoms with Crippen molar-refractivity contribution in [2.24, 2.45) is 5.92 Å². The molecule has 0 saturated heterocycles. The highest BCUT2D eigenvalue weighted by molar-refractivity contribution is 7.72. The average molecular weight is 333 g/mol. The highest BCUT2D eigenvalue weighted by Crippen LogP contribution is 2.69. The summed E-state index contributed by atoms with van der Waals surface area (Å²) >= 11 is 0. The summed E-state index contributed by atoms with van der Waals surface area (Å²) in [6.07, 6.45) is 1.49. The maximum Gasteiger partial charge on any atom is 0.371 e. The first-order valence-corrected chi connectivity index (χ1v) is 9.67. The summed E-state index contributed by atoms with van der Waals surface area (Å²) in [5, 5.41) is 9.21. The van der Waals surface area contributed by atoms with Crippen molar-refractivity contribution in [3.63, 3.8) is 0 Å². The van der Waals surface area contributed by atoms with Gasteiger partial charge in [-0.1, -0.05) is 20.8 Å². The van der Waals surface area contributed by atoms with Gasteiger partial charge in [0.15, 0.2) is 0 Å². The summed E-state index contributed by atoms with van der Waals surface area (Å²) in [6, 6.07) is -1.39. The zero-order chi connectivity index (χ0) is 16.2. The average Bonchev–Trinajstić information content (AvgIpc) is 2.24. The molecular weight excluding hydrogens is 308 g/mol. The molecule has 0 heterocycles. The van der Waals surface area contributed by atoms with Crippen LogP contribution in [0.15, 0.2) is 0 Å². The van der Waals surface area contributed by atoms with E-state index in [1.807, 2.05) is 13.8 Å². The third-order valence-corrected chi connectivity index (χ3v) is 6.98. The van der Waals surface area contributed by atoms with Gasteiger partial charge < -0.3 is 30.0 Å². The Morgan fingerprint density at radius 2 is 1.55 bits per heavy atom. The molecule has 0 bridgehead atoms. The van der Waals surface area contributed by atoms with Crippen molar-refractivity contribution in [1.29, 1.82) is 0 Å². The normalized spacial score (nSPS) is 15.7. The maximum absolute atomic E-state index is 11.4. The van der Waals surface area contributed by atoms with Crippen molar-refractivity contribution < 1.29 is 33.8 Å². The Morgan fingerprint density at radius 1 is 1.10 bits per heavy atom. The van der Waals surface area contributed by atoms with Gasteiger partial charge in [-0.05, 0) is 31.7 Å². The van der Waals surface area contributed by atoms with E-state index in [0.29, 0.717) is 18.9 Å². The molecule has 0 saturated carbocycles. The fourth-order valence-corrected chi connectivity index (χ4v) is 4.63. The van der Waals surface area contributed by atoms with Gasteiger partial charge in [0, 0.05) is 0 Å². The Balaban J connectivity index is 5.06. The predicted octanol–water partition coefficient (Wildman–Crippen LogP) is 0.792. The van der Waals surface area contributed by atoms with Gasteiger partial charge in [-0.15, -0.1) is 0 Å². The molecule has 20 heavy (non-hydrogen) atoms. The minimum atomic E-state index is -5.42. The van der Waals surface area contributed by atoms with Crippen LogP contribution in [0.1, 0.15) is 40.0 Å². The Morgan fingerprint density at radius 3 is 1.85 bits per heavy atom. The van der Waals surface area contributed by atoms with E-state index in [9.17, 15) is 14.2 Å². The van der Waals surface area contributed by atoms with Crippen LogP contribution < -0.4 is 5.32 Å². The van der Waals surface area contributed by atoms with E-state index in [0.717, 1.165) is 6.42 Å². The zero-order valence-electron chi connectivity index (χ0n) is 11.9. The summed E-state index contributed by atoms with van der Waals surface area (Å²) in [7, 11) is -10.8. The highest BCUT2D eigenvalue weighted by Gasteiger charge is 2.63. The monoisotopic (exact) mass is 333 g/mol. The minimum Gasteiger partial charge on any atom is -0.366 e. The van der Waals surface area contributed by atoms with Crippen molar-refractivity contribution in [1.82, 2.24) is 5.32 Å². The summed E-state index contributed by atoms with van der Waals surface area (Å²) in [6.45, 7) is 5.81. The molecule has 8 nitrogen and oxygen atoms in total. The van der Waals surface area contributed by atoms with E-state index in [-0.39, 0.29) is 6.42 Å². The fraction of sp³-hybridized carbons (Fsp3) is 1.00. The van der Waals surface area contributed by atoms with Crippen LogP contribution in [0.5, 0.6) is 0 Å². The largest absolute Gasteiger partial charge is 0.371 e. The molecule has 0 aliphatic carbocycles. The highest BCUT2D eigenvalue weighted by atomic mass is 31.2. The molecule has 0 aliphatic rings. The van der Waals surface area contributed by atoms with Crippen LogP contribution in [0.4, 0.5) is 0 Å². The molecule has 0 spiro atoms. The first kappa shape index (κ1) is 20.2. The lowest BCUT2D eigenvalue weighted by Gasteiger charge is -2.36. The van der Waals surface area contributed by atoms with E-state index in [4.69, 9.17) is 19.6 Å². The number of hydrogen-bond donors (Lipinski definition) is 6. The topological polar surface area (TPSA) is 147 Å². The van der Waals surface area contributed by atoms with Crippen molar-refractivity contribution in [3.05, 3.63) is 0 Å². The van der Waals surface area contributed by atoms with Gasteiger partial charge in [-0.25, -0.2) is 0 Å². The molecule has 0 aromatic heterocycles. The van der Waals surface area contributed by atoms with Crippen LogP contribution >= 0.6 is 15.2 Å². The van der Waals surface area contributed by atoms with Crippen LogP contribution in [0.2, 0.25) is 0 Å². The van der Waals surface area contributed by atoms with Crippen molar-refractivity contribution in [2.75, 3.05) is 6.54 Å². The molecule has 10 heteroatoms. The van der Waals surface area contributed by atoms with E-state index in [2.05, 4.69) is 5.32 Å². The Hall–Kier alpha value is 0.220. The van der Waals surface area contributed by atoms with Gasteiger partial charge in [-0.2, -0.15) is 0 Å². The molecule has 0 radical (unpaired) electrons. The first-order valence-electron chi connectivity index (χ1n) is 6.45. The third kappa shape index (κ3) is 4.90. The molecule has 1 unspecified atom stereocenters. The molecule has 0 aromatic rings. The standard InChI is InChI=1S/C10H25NO7P2/c1-4-9(11-7-5-6-8(2)3)10(12,19(13,14)15)20(16,17)18/h8-9,11-12H,4-7H2,1-3H3,(H2,13,14,15)(H2,16,17,18). The maximum atomic E-state index is 11.4. The SMILES string of the molecule is CCC(NCCCC(C)C)C(O)(P(=O)(O)O)P(=O)(O)O. The Labute approximate surface area is 118 Å². The van der Waals surface area contributed by atoms with Crippen LogP contribution in [0.25, 0.3) is 0 Å². The lowest BCUT2D eigenvalue weighted by Crippen LogP contribution is -2.50. The number of hydrogen-bond acceptors (Lipinski definition) is 4. The molecule has 1 atom stereocenters. The van der Waals surface area contributed by atoms with Gasteiger partial charge >= 0.3 is 15.2 Å². The van der Waals surface area contributed by atoms with Crippen molar-refractivity contribution in [3.8, 4) is 0 Å². The Kier molecular flexibility index (Phi) is 7.56. The second-order valence-corrected chi connectivity index (χ2v) is 9.12. The molecule has 0 aromatic carbocycles.